The van der Waals surface area contributed by atoms with Crippen LogP contribution in [0.4, 0.5) is 10.1 Å². The number of phenolic OH excluding ortho intramolecular Hbond substituents is 2. The van der Waals surface area contributed by atoms with E-state index < -0.39 is 22.9 Å². The predicted molar refractivity (Wildman–Crippen MR) is 110 cm³/mol. The highest BCUT2D eigenvalue weighted by Crippen LogP contribution is 2.44. The number of carbonyl (C=O) groups is 1. The van der Waals surface area contributed by atoms with Gasteiger partial charge in [0.05, 0.1) is 55.5 Å². The molecule has 1 aliphatic heterocycles. The number of fused-ring (bicyclic) bond motifs is 1. The summed E-state index contributed by atoms with van der Waals surface area (Å²) in [6.45, 7) is 2.43. The number of hydrogen-bond acceptors (Lipinski definition) is 7. The summed E-state index contributed by atoms with van der Waals surface area (Å²) in [5.74, 6) is -2.89. The van der Waals surface area contributed by atoms with E-state index in [-0.39, 0.29) is 36.1 Å². The van der Waals surface area contributed by atoms with Gasteiger partial charge in [-0.1, -0.05) is 0 Å². The number of halogens is 1. The Morgan fingerprint density at radius 3 is 2.68 bits per heavy atom. The zero-order valence-corrected chi connectivity index (χ0v) is 17.0. The predicted octanol–water partition coefficient (Wildman–Crippen LogP) is 2.33. The van der Waals surface area contributed by atoms with E-state index in [0.29, 0.717) is 29.9 Å². The molecule has 0 bridgehead atoms. The first-order valence-corrected chi connectivity index (χ1v) is 9.59. The molecular formula is C21H22FN3O6. The van der Waals surface area contributed by atoms with Crippen molar-refractivity contribution in [1.82, 2.24) is 9.55 Å². The molecule has 0 radical (unpaired) electrons. The minimum absolute atomic E-state index is 0.0368. The van der Waals surface area contributed by atoms with Crippen molar-refractivity contribution in [3.05, 3.63) is 30.1 Å². The molecule has 10 heteroatoms. The Morgan fingerprint density at radius 1 is 1.32 bits per heavy atom. The first-order chi connectivity index (χ1) is 14.8. The lowest BCUT2D eigenvalue weighted by Crippen LogP contribution is -2.49. The quantitative estimate of drug-likeness (QED) is 0.441. The third-order valence-electron chi connectivity index (χ3n) is 5.28. The average molecular weight is 431 g/mol. The molecule has 4 N–H and O–H groups in total. The van der Waals surface area contributed by atoms with Gasteiger partial charge in [0.2, 0.25) is 11.7 Å². The molecule has 31 heavy (non-hydrogen) atoms. The molecule has 1 amide bonds. The fourth-order valence-electron chi connectivity index (χ4n) is 3.67. The number of methoxy groups -OCH3 is 1. The molecule has 164 valence electrons. The molecule has 9 nitrogen and oxygen atoms in total. The minimum atomic E-state index is -1.03. The van der Waals surface area contributed by atoms with E-state index in [2.05, 4.69) is 10.3 Å². The number of nitrogens with zero attached hydrogens (tertiary/aromatic N) is 2. The number of carbonyl (C=O) groups excluding carboxylic acids is 1. The molecule has 2 aromatic carbocycles. The van der Waals surface area contributed by atoms with Gasteiger partial charge in [-0.3, -0.25) is 4.79 Å². The SMILES string of the molecule is COc1cc(-c2nc3cc(NC(=O)CCO)ccc3n2C2(C)COC2)c(F)c(O)c1O. The molecule has 1 aromatic heterocycles. The zero-order chi connectivity index (χ0) is 22.3. The normalized spacial score (nSPS) is 15.0. The van der Waals surface area contributed by atoms with E-state index >= 15 is 0 Å². The van der Waals surface area contributed by atoms with Crippen molar-refractivity contribution in [2.24, 2.45) is 0 Å². The molecule has 1 fully saturated rings. The number of aromatic nitrogens is 2. The number of rotatable bonds is 6. The second-order valence-electron chi connectivity index (χ2n) is 7.62. The Balaban J connectivity index is 1.92. The monoisotopic (exact) mass is 431 g/mol. The molecule has 0 aliphatic carbocycles. The number of ether oxygens (including phenoxy) is 2. The second-order valence-corrected chi connectivity index (χ2v) is 7.62. The first kappa shape index (κ1) is 20.9. The van der Waals surface area contributed by atoms with Crippen LogP contribution in [-0.4, -0.2) is 57.7 Å². The van der Waals surface area contributed by atoms with Gasteiger partial charge < -0.3 is 34.7 Å². The van der Waals surface area contributed by atoms with E-state index in [0.717, 1.165) is 0 Å². The molecule has 2 heterocycles. The van der Waals surface area contributed by atoms with Crippen LogP contribution in [0.5, 0.6) is 17.2 Å². The molecule has 0 saturated carbocycles. The van der Waals surface area contributed by atoms with E-state index in [9.17, 15) is 19.4 Å². The van der Waals surface area contributed by atoms with Crippen LogP contribution in [0.2, 0.25) is 0 Å². The van der Waals surface area contributed by atoms with Crippen molar-refractivity contribution >= 4 is 22.6 Å². The number of amides is 1. The van der Waals surface area contributed by atoms with Gasteiger partial charge in [0.25, 0.3) is 0 Å². The molecule has 0 unspecified atom stereocenters. The summed E-state index contributed by atoms with van der Waals surface area (Å²) in [5.41, 5.74) is 1.06. The Kier molecular flexibility index (Phi) is 5.19. The van der Waals surface area contributed by atoms with Gasteiger partial charge >= 0.3 is 0 Å². The van der Waals surface area contributed by atoms with Crippen LogP contribution in [0, 0.1) is 5.82 Å². The summed E-state index contributed by atoms with van der Waals surface area (Å²) in [5, 5.41) is 31.6. The summed E-state index contributed by atoms with van der Waals surface area (Å²) in [7, 11) is 1.29. The maximum Gasteiger partial charge on any atom is 0.226 e. The van der Waals surface area contributed by atoms with Gasteiger partial charge in [-0.05, 0) is 31.2 Å². The maximum absolute atomic E-state index is 15.0. The summed E-state index contributed by atoms with van der Waals surface area (Å²) in [6, 6.07) is 6.35. The largest absolute Gasteiger partial charge is 0.502 e. The van der Waals surface area contributed by atoms with Crippen molar-refractivity contribution < 1.29 is 34.0 Å². The van der Waals surface area contributed by atoms with Gasteiger partial charge in [-0.25, -0.2) is 9.37 Å². The highest BCUT2D eigenvalue weighted by atomic mass is 19.1. The van der Waals surface area contributed by atoms with E-state index in [1.807, 2.05) is 11.5 Å². The van der Waals surface area contributed by atoms with Crippen LogP contribution >= 0.6 is 0 Å². The second kappa shape index (κ2) is 7.71. The number of aliphatic hydroxyl groups excluding tert-OH is 1. The van der Waals surface area contributed by atoms with E-state index in [1.54, 1.807) is 18.2 Å². The number of anilines is 1. The fourth-order valence-corrected chi connectivity index (χ4v) is 3.67. The Morgan fingerprint density at radius 2 is 2.06 bits per heavy atom. The molecule has 0 atom stereocenters. The van der Waals surface area contributed by atoms with Crippen LogP contribution in [-0.2, 0) is 15.1 Å². The third-order valence-corrected chi connectivity index (χ3v) is 5.28. The van der Waals surface area contributed by atoms with Gasteiger partial charge in [-0.2, -0.15) is 0 Å². The highest BCUT2D eigenvalue weighted by Gasteiger charge is 2.39. The van der Waals surface area contributed by atoms with Crippen molar-refractivity contribution in [1.29, 1.82) is 0 Å². The number of hydrogen-bond donors (Lipinski definition) is 4. The van der Waals surface area contributed by atoms with Crippen molar-refractivity contribution in [2.45, 2.75) is 18.9 Å². The topological polar surface area (TPSA) is 126 Å². The zero-order valence-electron chi connectivity index (χ0n) is 17.0. The molecule has 1 aliphatic rings. The average Bonchev–Trinajstić information content (AvgIpc) is 3.09. The van der Waals surface area contributed by atoms with E-state index in [1.165, 1.54) is 13.2 Å². The summed E-state index contributed by atoms with van der Waals surface area (Å²) < 4.78 is 27.3. The molecule has 4 rings (SSSR count). The van der Waals surface area contributed by atoms with Crippen molar-refractivity contribution in [2.75, 3.05) is 32.2 Å². The molecule has 3 aromatic rings. The number of phenols is 2. The lowest BCUT2D eigenvalue weighted by atomic mass is 9.98. The first-order valence-electron chi connectivity index (χ1n) is 9.59. The Hall–Kier alpha value is -3.37. The van der Waals surface area contributed by atoms with Crippen LogP contribution < -0.4 is 10.1 Å². The Bertz CT molecular complexity index is 1170. The number of aliphatic hydroxyl groups is 1. The van der Waals surface area contributed by atoms with E-state index in [4.69, 9.17) is 14.6 Å². The smallest absolute Gasteiger partial charge is 0.226 e. The summed E-state index contributed by atoms with van der Waals surface area (Å²) in [6.07, 6.45) is -0.0368. The molecule has 1 saturated heterocycles. The summed E-state index contributed by atoms with van der Waals surface area (Å²) in [4.78, 5) is 16.4. The van der Waals surface area contributed by atoms with Gasteiger partial charge in [0.15, 0.2) is 17.3 Å². The number of nitrogens with one attached hydrogen (secondary N) is 1. The molecular weight excluding hydrogens is 409 g/mol. The van der Waals surface area contributed by atoms with Crippen LogP contribution in [0.1, 0.15) is 13.3 Å². The van der Waals surface area contributed by atoms with Crippen LogP contribution in [0.25, 0.3) is 22.4 Å². The highest BCUT2D eigenvalue weighted by molar-refractivity contribution is 5.94. The van der Waals surface area contributed by atoms with Crippen LogP contribution in [0.15, 0.2) is 24.3 Å². The van der Waals surface area contributed by atoms with Gasteiger partial charge in [0.1, 0.15) is 5.82 Å². The van der Waals surface area contributed by atoms with Crippen molar-refractivity contribution in [3.63, 3.8) is 0 Å². The Labute approximate surface area is 176 Å². The number of imidazole rings is 1. The van der Waals surface area contributed by atoms with Gasteiger partial charge in [-0.15, -0.1) is 0 Å². The van der Waals surface area contributed by atoms with Crippen molar-refractivity contribution in [3.8, 4) is 28.6 Å². The standard InChI is InChI=1S/C21H22FN3O6/c1-21(9-31-10-21)25-14-4-3-11(23-16(27)5-6-26)7-13(14)24-20(25)12-8-15(30-2)18(28)19(29)17(12)22/h3-4,7-8,26,28-29H,5-6,9-10H2,1-2H3,(H,23,27). The third kappa shape index (κ3) is 3.43. The maximum atomic E-state index is 15.0. The number of aromatic hydroxyl groups is 2. The summed E-state index contributed by atoms with van der Waals surface area (Å²) >= 11 is 0. The lowest BCUT2D eigenvalue weighted by molar-refractivity contribution is -0.116. The minimum Gasteiger partial charge on any atom is -0.502 e. The fraction of sp³-hybridized carbons (Fsp3) is 0.333. The van der Waals surface area contributed by atoms with Gasteiger partial charge in [0, 0.05) is 5.69 Å². The lowest BCUT2D eigenvalue weighted by Gasteiger charge is -2.40. The number of benzene rings is 2. The molecule has 0 spiro atoms. The van der Waals surface area contributed by atoms with Crippen LogP contribution in [0.3, 0.4) is 0 Å².